The smallest absolute Gasteiger partial charge is 0.259 e. The molecule has 1 heterocycles. The highest BCUT2D eigenvalue weighted by Gasteiger charge is 2.17. The van der Waals surface area contributed by atoms with Crippen LogP contribution in [0.1, 0.15) is 21.6 Å². The standard InChI is InChI=1S/C24H22N4O3S/c1-18-23(17-25-28(18)21-10-6-3-7-11-21)24(29)27-20-12-14-22(15-13-20)32(30,31)26-16-19-8-4-2-5-9-19/h2-15,17,26H,16H2,1H3,(H,27,29). The lowest BCUT2D eigenvalue weighted by atomic mass is 10.2. The minimum Gasteiger partial charge on any atom is -0.322 e. The number of carbonyl (C=O) groups excluding carboxylic acids is 1. The van der Waals surface area contributed by atoms with Crippen LogP contribution in [0, 0.1) is 6.92 Å². The maximum Gasteiger partial charge on any atom is 0.259 e. The lowest BCUT2D eigenvalue weighted by Gasteiger charge is -2.09. The first-order valence-electron chi connectivity index (χ1n) is 9.99. The second-order valence-corrected chi connectivity index (χ2v) is 8.95. The molecular formula is C24H22N4O3S. The van der Waals surface area contributed by atoms with Crippen molar-refractivity contribution in [1.82, 2.24) is 14.5 Å². The zero-order valence-electron chi connectivity index (χ0n) is 17.4. The van der Waals surface area contributed by atoms with Gasteiger partial charge in [0.05, 0.1) is 28.0 Å². The van der Waals surface area contributed by atoms with Crippen molar-refractivity contribution in [2.75, 3.05) is 5.32 Å². The molecule has 0 spiro atoms. The molecule has 0 saturated carbocycles. The van der Waals surface area contributed by atoms with Crippen LogP contribution in [0.15, 0.2) is 96.0 Å². The fourth-order valence-corrected chi connectivity index (χ4v) is 4.25. The van der Waals surface area contributed by atoms with Crippen LogP contribution >= 0.6 is 0 Å². The number of nitrogens with zero attached hydrogens (tertiary/aromatic N) is 2. The zero-order valence-corrected chi connectivity index (χ0v) is 18.2. The molecule has 1 amide bonds. The Hall–Kier alpha value is -3.75. The third kappa shape index (κ3) is 4.77. The second-order valence-electron chi connectivity index (χ2n) is 7.18. The number of amides is 1. The number of aromatic nitrogens is 2. The first-order valence-corrected chi connectivity index (χ1v) is 11.5. The normalized spacial score (nSPS) is 11.3. The van der Waals surface area contributed by atoms with Crippen molar-refractivity contribution in [1.29, 1.82) is 0 Å². The van der Waals surface area contributed by atoms with Crippen LogP contribution in [0.2, 0.25) is 0 Å². The van der Waals surface area contributed by atoms with Gasteiger partial charge in [-0.25, -0.2) is 17.8 Å². The molecule has 162 valence electrons. The number of anilines is 1. The van der Waals surface area contributed by atoms with Crippen molar-refractivity contribution in [3.8, 4) is 5.69 Å². The molecule has 0 unspecified atom stereocenters. The van der Waals surface area contributed by atoms with E-state index in [0.717, 1.165) is 11.3 Å². The predicted molar refractivity (Wildman–Crippen MR) is 123 cm³/mol. The molecule has 0 aliphatic heterocycles. The zero-order chi connectivity index (χ0) is 22.6. The molecule has 7 nitrogen and oxygen atoms in total. The van der Waals surface area contributed by atoms with Crippen LogP contribution in [-0.4, -0.2) is 24.1 Å². The molecule has 8 heteroatoms. The van der Waals surface area contributed by atoms with E-state index in [9.17, 15) is 13.2 Å². The summed E-state index contributed by atoms with van der Waals surface area (Å²) in [5, 5.41) is 7.10. The SMILES string of the molecule is Cc1c(C(=O)Nc2ccc(S(=O)(=O)NCc3ccccc3)cc2)cnn1-c1ccccc1. The van der Waals surface area contributed by atoms with Gasteiger partial charge in [0, 0.05) is 12.2 Å². The van der Waals surface area contributed by atoms with E-state index in [4.69, 9.17) is 0 Å². The van der Waals surface area contributed by atoms with E-state index in [1.165, 1.54) is 18.3 Å². The molecule has 0 atom stereocenters. The van der Waals surface area contributed by atoms with Crippen molar-refractivity contribution >= 4 is 21.6 Å². The van der Waals surface area contributed by atoms with Crippen LogP contribution in [0.25, 0.3) is 5.69 Å². The average molecular weight is 447 g/mol. The summed E-state index contributed by atoms with van der Waals surface area (Å²) in [6.07, 6.45) is 1.52. The Bertz CT molecular complexity index is 1320. The Morgan fingerprint density at radius 2 is 1.53 bits per heavy atom. The molecule has 0 bridgehead atoms. The van der Waals surface area contributed by atoms with Gasteiger partial charge < -0.3 is 5.32 Å². The highest BCUT2D eigenvalue weighted by Crippen LogP contribution is 2.18. The van der Waals surface area contributed by atoms with Crippen molar-refractivity contribution < 1.29 is 13.2 Å². The summed E-state index contributed by atoms with van der Waals surface area (Å²) in [5.74, 6) is -0.317. The number of nitrogens with one attached hydrogen (secondary N) is 2. The number of hydrogen-bond acceptors (Lipinski definition) is 4. The fraction of sp³-hybridized carbons (Fsp3) is 0.0833. The third-order valence-electron chi connectivity index (χ3n) is 4.99. The van der Waals surface area contributed by atoms with Crippen LogP contribution in [0.5, 0.6) is 0 Å². The fourth-order valence-electron chi connectivity index (χ4n) is 3.24. The van der Waals surface area contributed by atoms with Crippen LogP contribution in [0.4, 0.5) is 5.69 Å². The molecule has 0 saturated heterocycles. The van der Waals surface area contributed by atoms with Gasteiger partial charge in [-0.05, 0) is 48.9 Å². The molecule has 4 rings (SSSR count). The van der Waals surface area contributed by atoms with E-state index in [0.29, 0.717) is 16.9 Å². The van der Waals surface area contributed by atoms with E-state index in [2.05, 4.69) is 15.1 Å². The second kappa shape index (κ2) is 9.17. The molecule has 0 fully saturated rings. The molecule has 0 radical (unpaired) electrons. The molecule has 0 aliphatic rings. The minimum absolute atomic E-state index is 0.125. The summed E-state index contributed by atoms with van der Waals surface area (Å²) in [5.41, 5.74) is 3.37. The van der Waals surface area contributed by atoms with Gasteiger partial charge in [0.1, 0.15) is 0 Å². The number of para-hydroxylation sites is 1. The Balaban J connectivity index is 1.44. The number of hydrogen-bond donors (Lipinski definition) is 2. The molecule has 32 heavy (non-hydrogen) atoms. The van der Waals surface area contributed by atoms with Crippen LogP contribution in [0.3, 0.4) is 0 Å². The molecule has 0 aliphatic carbocycles. The summed E-state index contributed by atoms with van der Waals surface area (Å²) in [6, 6.07) is 24.9. The number of sulfonamides is 1. The van der Waals surface area contributed by atoms with Crippen molar-refractivity contribution in [2.45, 2.75) is 18.4 Å². The first kappa shape index (κ1) is 21.5. The lowest BCUT2D eigenvalue weighted by molar-refractivity contribution is 0.102. The van der Waals surface area contributed by atoms with Crippen molar-refractivity contribution in [2.24, 2.45) is 0 Å². The molecule has 3 aromatic carbocycles. The topological polar surface area (TPSA) is 93.1 Å². The summed E-state index contributed by atoms with van der Waals surface area (Å²) in [4.78, 5) is 12.9. The van der Waals surface area contributed by atoms with E-state index >= 15 is 0 Å². The molecule has 2 N–H and O–H groups in total. The monoisotopic (exact) mass is 446 g/mol. The first-order chi connectivity index (χ1) is 15.4. The lowest BCUT2D eigenvalue weighted by Crippen LogP contribution is -2.23. The van der Waals surface area contributed by atoms with Gasteiger partial charge in [0.2, 0.25) is 10.0 Å². The van der Waals surface area contributed by atoms with E-state index in [-0.39, 0.29) is 17.3 Å². The average Bonchev–Trinajstić information content (AvgIpc) is 3.21. The van der Waals surface area contributed by atoms with Crippen molar-refractivity contribution in [3.05, 3.63) is 108 Å². The quantitative estimate of drug-likeness (QED) is 0.450. The highest BCUT2D eigenvalue weighted by atomic mass is 32.2. The third-order valence-corrected chi connectivity index (χ3v) is 6.40. The summed E-state index contributed by atoms with van der Waals surface area (Å²) < 4.78 is 29.3. The van der Waals surface area contributed by atoms with E-state index in [1.807, 2.05) is 67.6 Å². The number of rotatable bonds is 7. The van der Waals surface area contributed by atoms with Gasteiger partial charge in [0.25, 0.3) is 5.91 Å². The Labute approximate surface area is 186 Å². The maximum atomic E-state index is 12.7. The van der Waals surface area contributed by atoms with Crippen molar-refractivity contribution in [3.63, 3.8) is 0 Å². The summed E-state index contributed by atoms with van der Waals surface area (Å²) >= 11 is 0. The van der Waals surface area contributed by atoms with Crippen LogP contribution < -0.4 is 10.0 Å². The minimum atomic E-state index is -3.67. The van der Waals surface area contributed by atoms with Gasteiger partial charge in [-0.15, -0.1) is 0 Å². The molecular weight excluding hydrogens is 424 g/mol. The van der Waals surface area contributed by atoms with Gasteiger partial charge in [0.15, 0.2) is 0 Å². The summed E-state index contributed by atoms with van der Waals surface area (Å²) in [7, 11) is -3.67. The van der Waals surface area contributed by atoms with E-state index in [1.54, 1.807) is 16.8 Å². The summed E-state index contributed by atoms with van der Waals surface area (Å²) in [6.45, 7) is 2.02. The largest absolute Gasteiger partial charge is 0.322 e. The molecule has 4 aromatic rings. The Kier molecular flexibility index (Phi) is 6.16. The number of carbonyl (C=O) groups is 1. The Morgan fingerprint density at radius 3 is 2.19 bits per heavy atom. The van der Waals surface area contributed by atoms with Gasteiger partial charge in [-0.2, -0.15) is 5.10 Å². The predicted octanol–water partition coefficient (Wildman–Crippen LogP) is 3.91. The van der Waals surface area contributed by atoms with Gasteiger partial charge >= 0.3 is 0 Å². The Morgan fingerprint density at radius 1 is 0.906 bits per heavy atom. The maximum absolute atomic E-state index is 12.7. The highest BCUT2D eigenvalue weighted by molar-refractivity contribution is 7.89. The molecule has 1 aromatic heterocycles. The van der Waals surface area contributed by atoms with Gasteiger partial charge in [-0.3, -0.25) is 4.79 Å². The van der Waals surface area contributed by atoms with Crippen LogP contribution in [-0.2, 0) is 16.6 Å². The van der Waals surface area contributed by atoms with Gasteiger partial charge in [-0.1, -0.05) is 48.5 Å². The van der Waals surface area contributed by atoms with E-state index < -0.39 is 10.0 Å². The number of benzene rings is 3.